The van der Waals surface area contributed by atoms with E-state index in [1.54, 1.807) is 0 Å². The number of alkyl halides is 3. The van der Waals surface area contributed by atoms with Gasteiger partial charge in [0.15, 0.2) is 11.6 Å². The molecule has 32 heavy (non-hydrogen) atoms. The Kier molecular flexibility index (Phi) is 7.31. The molecule has 0 spiro atoms. The van der Waals surface area contributed by atoms with Crippen molar-refractivity contribution in [2.75, 3.05) is 6.54 Å². The third-order valence-corrected chi connectivity index (χ3v) is 6.40. The van der Waals surface area contributed by atoms with Gasteiger partial charge in [0, 0.05) is 5.02 Å². The lowest BCUT2D eigenvalue weighted by Crippen LogP contribution is -2.64. The standard InChI is InChI=1S/C20H26ClF3N6O2/c21-16-6-5-15(20(22,23)24)7-14(16)10-27-18-28-11-17(30(31)32)19(26,29-18)8-12-1-3-13(9-25)4-2-12/h5-7,11-13H,1-4,8-10,25-26H2,(H2,27,28,29). The van der Waals surface area contributed by atoms with Gasteiger partial charge < -0.3 is 16.4 Å². The van der Waals surface area contributed by atoms with Crippen LogP contribution in [0.2, 0.25) is 5.02 Å². The molecular weight excluding hydrogens is 449 g/mol. The molecule has 3 rings (SSSR count). The van der Waals surface area contributed by atoms with Crippen molar-refractivity contribution in [1.29, 1.82) is 0 Å². The third kappa shape index (κ3) is 5.70. The highest BCUT2D eigenvalue weighted by molar-refractivity contribution is 6.31. The Morgan fingerprint density at radius 1 is 1.25 bits per heavy atom. The van der Waals surface area contributed by atoms with Gasteiger partial charge >= 0.3 is 11.9 Å². The maximum atomic E-state index is 13.0. The van der Waals surface area contributed by atoms with E-state index in [4.69, 9.17) is 23.1 Å². The predicted octanol–water partition coefficient (Wildman–Crippen LogP) is 3.34. The number of benzene rings is 1. The molecule has 1 atom stereocenters. The summed E-state index contributed by atoms with van der Waals surface area (Å²) in [4.78, 5) is 15.2. The summed E-state index contributed by atoms with van der Waals surface area (Å²) in [5.41, 5.74) is 9.81. The van der Waals surface area contributed by atoms with Crippen molar-refractivity contribution in [1.82, 2.24) is 10.6 Å². The number of nitrogens with one attached hydrogen (secondary N) is 2. The lowest BCUT2D eigenvalue weighted by atomic mass is 9.77. The average Bonchev–Trinajstić information content (AvgIpc) is 2.72. The summed E-state index contributed by atoms with van der Waals surface area (Å²) in [5, 5.41) is 17.3. The molecule has 12 heteroatoms. The SMILES string of the molecule is NCC1CCC(CC2(N)NC(=NCc3cc(C(F)(F)F)ccc3Cl)NC=C2[N+](=O)[O-])CC1. The summed E-state index contributed by atoms with van der Waals surface area (Å²) >= 11 is 6.03. The van der Waals surface area contributed by atoms with Gasteiger partial charge in [-0.25, -0.2) is 4.99 Å². The van der Waals surface area contributed by atoms with E-state index >= 15 is 0 Å². The minimum Gasteiger partial charge on any atom is -0.330 e. The normalized spacial score (nSPS) is 27.4. The van der Waals surface area contributed by atoms with Gasteiger partial charge in [-0.3, -0.25) is 15.8 Å². The van der Waals surface area contributed by atoms with Crippen molar-refractivity contribution in [3.05, 3.63) is 56.4 Å². The summed E-state index contributed by atoms with van der Waals surface area (Å²) in [5.74, 6) is 0.763. The molecular formula is C20H26ClF3N6O2. The highest BCUT2D eigenvalue weighted by Crippen LogP contribution is 2.35. The zero-order chi connectivity index (χ0) is 23.5. The number of hydrogen-bond acceptors (Lipinski definition) is 5. The largest absolute Gasteiger partial charge is 0.416 e. The van der Waals surface area contributed by atoms with Gasteiger partial charge in [0.05, 0.1) is 23.2 Å². The number of aliphatic imine (C=N–C) groups is 1. The quantitative estimate of drug-likeness (QED) is 0.369. The Balaban J connectivity index is 1.77. The van der Waals surface area contributed by atoms with Crippen molar-refractivity contribution in [3.8, 4) is 0 Å². The smallest absolute Gasteiger partial charge is 0.330 e. The van der Waals surface area contributed by atoms with E-state index in [0.717, 1.165) is 43.9 Å². The van der Waals surface area contributed by atoms with Crippen LogP contribution in [0.15, 0.2) is 35.1 Å². The summed E-state index contributed by atoms with van der Waals surface area (Å²) < 4.78 is 39.0. The first-order valence-electron chi connectivity index (χ1n) is 10.3. The van der Waals surface area contributed by atoms with Crippen LogP contribution in [0.5, 0.6) is 0 Å². The van der Waals surface area contributed by atoms with Crippen LogP contribution in [0.4, 0.5) is 13.2 Å². The number of hydrogen-bond donors (Lipinski definition) is 4. The molecule has 6 N–H and O–H groups in total. The van der Waals surface area contributed by atoms with Gasteiger partial charge in [0.2, 0.25) is 0 Å². The number of guanidine groups is 1. The fourth-order valence-electron chi connectivity index (χ4n) is 4.20. The maximum Gasteiger partial charge on any atom is 0.416 e. The highest BCUT2D eigenvalue weighted by Gasteiger charge is 2.44. The third-order valence-electron chi connectivity index (χ3n) is 6.03. The number of nitrogens with zero attached hydrogens (tertiary/aromatic N) is 2. The first-order valence-corrected chi connectivity index (χ1v) is 10.7. The Morgan fingerprint density at radius 3 is 2.50 bits per heavy atom. The highest BCUT2D eigenvalue weighted by atomic mass is 35.5. The van der Waals surface area contributed by atoms with Gasteiger partial charge in [-0.05, 0) is 74.2 Å². The van der Waals surface area contributed by atoms with Crippen LogP contribution in [0.3, 0.4) is 0 Å². The number of rotatable bonds is 6. The molecule has 8 nitrogen and oxygen atoms in total. The molecule has 0 saturated heterocycles. The van der Waals surface area contributed by atoms with Crippen LogP contribution >= 0.6 is 11.6 Å². The van der Waals surface area contributed by atoms with Crippen LogP contribution < -0.4 is 22.1 Å². The lowest BCUT2D eigenvalue weighted by Gasteiger charge is -2.37. The second kappa shape index (κ2) is 9.63. The van der Waals surface area contributed by atoms with Crippen molar-refractivity contribution in [2.24, 2.45) is 28.3 Å². The topological polar surface area (TPSA) is 132 Å². The summed E-state index contributed by atoms with van der Waals surface area (Å²) in [7, 11) is 0. The molecule has 2 aliphatic rings. The van der Waals surface area contributed by atoms with Gasteiger partial charge in [0.1, 0.15) is 0 Å². The Hall–Kier alpha value is -2.37. The van der Waals surface area contributed by atoms with Crippen LogP contribution in [0.1, 0.15) is 43.2 Å². The first-order chi connectivity index (χ1) is 15.0. The fraction of sp³-hybridized carbons (Fsp3) is 0.550. The molecule has 0 amide bonds. The predicted molar refractivity (Wildman–Crippen MR) is 115 cm³/mol. The van der Waals surface area contributed by atoms with Crippen molar-refractivity contribution in [2.45, 2.75) is 50.5 Å². The van der Waals surface area contributed by atoms with Crippen LogP contribution in [0, 0.1) is 22.0 Å². The molecule has 176 valence electrons. The molecule has 0 bridgehead atoms. The molecule has 1 aliphatic heterocycles. The maximum absolute atomic E-state index is 13.0. The van der Waals surface area contributed by atoms with E-state index in [0.29, 0.717) is 18.9 Å². The molecule has 1 saturated carbocycles. The monoisotopic (exact) mass is 474 g/mol. The summed E-state index contributed by atoms with van der Waals surface area (Å²) in [6.07, 6.45) is 0.619. The number of halogens is 4. The summed E-state index contributed by atoms with van der Waals surface area (Å²) in [6, 6.07) is 2.99. The minimum absolute atomic E-state index is 0.127. The Labute approximate surface area is 188 Å². The lowest BCUT2D eigenvalue weighted by molar-refractivity contribution is -0.437. The van der Waals surface area contributed by atoms with Crippen molar-refractivity contribution in [3.63, 3.8) is 0 Å². The molecule has 1 unspecified atom stereocenters. The zero-order valence-corrected chi connectivity index (χ0v) is 18.0. The number of nitrogens with two attached hydrogens (primary N) is 2. The van der Waals surface area contributed by atoms with E-state index < -0.39 is 22.3 Å². The van der Waals surface area contributed by atoms with Gasteiger partial charge in [-0.1, -0.05) is 11.6 Å². The molecule has 1 aromatic carbocycles. The Morgan fingerprint density at radius 2 is 1.91 bits per heavy atom. The molecule has 1 aliphatic carbocycles. The molecule has 1 heterocycles. The van der Waals surface area contributed by atoms with E-state index in [1.165, 1.54) is 6.20 Å². The molecule has 0 aromatic heterocycles. The average molecular weight is 475 g/mol. The van der Waals surface area contributed by atoms with Crippen molar-refractivity contribution < 1.29 is 18.1 Å². The van der Waals surface area contributed by atoms with Gasteiger partial charge in [0.25, 0.3) is 0 Å². The number of nitro groups is 1. The van der Waals surface area contributed by atoms with Gasteiger partial charge in [-0.15, -0.1) is 0 Å². The van der Waals surface area contributed by atoms with E-state index in [2.05, 4.69) is 15.6 Å². The van der Waals surface area contributed by atoms with Gasteiger partial charge in [-0.2, -0.15) is 13.2 Å². The van der Waals surface area contributed by atoms with E-state index in [1.807, 2.05) is 0 Å². The van der Waals surface area contributed by atoms with Crippen molar-refractivity contribution >= 4 is 17.6 Å². The fourth-order valence-corrected chi connectivity index (χ4v) is 4.37. The Bertz CT molecular complexity index is 915. The van der Waals surface area contributed by atoms with Crippen LogP contribution in [0.25, 0.3) is 0 Å². The zero-order valence-electron chi connectivity index (χ0n) is 17.3. The molecule has 1 aromatic rings. The second-order valence-electron chi connectivity index (χ2n) is 8.32. The van der Waals surface area contributed by atoms with E-state index in [9.17, 15) is 23.3 Å². The molecule has 0 radical (unpaired) electrons. The molecule has 1 fully saturated rings. The summed E-state index contributed by atoms with van der Waals surface area (Å²) in [6.45, 7) is 0.453. The van der Waals surface area contributed by atoms with Crippen LogP contribution in [-0.2, 0) is 12.7 Å². The second-order valence-corrected chi connectivity index (χ2v) is 8.73. The minimum atomic E-state index is -4.51. The van der Waals surface area contributed by atoms with Crippen LogP contribution in [-0.4, -0.2) is 23.1 Å². The first kappa shape index (κ1) is 24.3. The van der Waals surface area contributed by atoms with E-state index in [-0.39, 0.29) is 34.7 Å².